The van der Waals surface area contributed by atoms with E-state index in [0.29, 0.717) is 16.3 Å². The number of nitrogens with zero attached hydrogens (tertiary/aromatic N) is 5. The molecule has 2 heterocycles. The number of fused-ring (bicyclic) bond motifs is 1. The fourth-order valence-corrected chi connectivity index (χ4v) is 2.52. The fourth-order valence-electron chi connectivity index (χ4n) is 1.73. The first-order chi connectivity index (χ1) is 9.56. The number of nitro groups is 1. The Hall–Kier alpha value is -2.39. The molecule has 2 aromatic heterocycles. The second kappa shape index (κ2) is 4.62. The summed E-state index contributed by atoms with van der Waals surface area (Å²) in [5.74, 6) is 0.540. The molecule has 0 spiro atoms. The number of rotatable bonds is 3. The molecule has 3 aromatic rings. The quantitative estimate of drug-likeness (QED) is 0.581. The Bertz CT molecular complexity index is 776. The molecule has 20 heavy (non-hydrogen) atoms. The van der Waals surface area contributed by atoms with E-state index >= 15 is 0 Å². The maximum absolute atomic E-state index is 10.6. The first-order valence-electron chi connectivity index (χ1n) is 5.79. The number of non-ortho nitro benzene ring substituents is 1. The first-order valence-corrected chi connectivity index (χ1v) is 6.60. The lowest BCUT2D eigenvalue weighted by Crippen LogP contribution is -2.05. The molecular weight excluding hydrogens is 280 g/mol. The van der Waals surface area contributed by atoms with Crippen LogP contribution in [0.3, 0.4) is 0 Å². The molecule has 9 heteroatoms. The minimum atomic E-state index is -0.444. The predicted octanol–water partition coefficient (Wildman–Crippen LogP) is 1.78. The van der Waals surface area contributed by atoms with Crippen LogP contribution in [-0.2, 0) is 0 Å². The van der Waals surface area contributed by atoms with Crippen LogP contribution in [0.4, 0.5) is 5.69 Å². The summed E-state index contributed by atoms with van der Waals surface area (Å²) >= 11 is 1.37. The summed E-state index contributed by atoms with van der Waals surface area (Å²) in [6.07, 6.45) is 0. The van der Waals surface area contributed by atoms with Crippen molar-refractivity contribution in [2.75, 3.05) is 0 Å². The van der Waals surface area contributed by atoms with Gasteiger partial charge in [0.25, 0.3) is 5.69 Å². The van der Waals surface area contributed by atoms with Gasteiger partial charge in [0.15, 0.2) is 5.82 Å². The third-order valence-corrected chi connectivity index (χ3v) is 3.83. The topological polar surface area (TPSA) is 112 Å². The molecule has 0 aliphatic rings. The van der Waals surface area contributed by atoms with Gasteiger partial charge in [-0.15, -0.1) is 10.2 Å². The van der Waals surface area contributed by atoms with Crippen LogP contribution in [0.2, 0.25) is 0 Å². The molecule has 8 nitrogen and oxygen atoms in total. The molecular formula is C11H10N6O2S. The van der Waals surface area contributed by atoms with E-state index in [4.69, 9.17) is 5.73 Å². The van der Waals surface area contributed by atoms with Crippen LogP contribution >= 0.6 is 11.3 Å². The third-order valence-electron chi connectivity index (χ3n) is 2.73. The number of hydrogen-bond acceptors (Lipinski definition) is 7. The fraction of sp³-hybridized carbons (Fsp3) is 0.182. The largest absolute Gasteiger partial charge is 0.322 e. The first kappa shape index (κ1) is 12.6. The highest BCUT2D eigenvalue weighted by Crippen LogP contribution is 2.25. The van der Waals surface area contributed by atoms with Gasteiger partial charge in [0, 0.05) is 17.7 Å². The number of hydrogen-bond donors (Lipinski definition) is 1. The van der Waals surface area contributed by atoms with Gasteiger partial charge in [-0.3, -0.25) is 10.1 Å². The van der Waals surface area contributed by atoms with Crippen LogP contribution < -0.4 is 5.73 Å². The lowest BCUT2D eigenvalue weighted by molar-refractivity contribution is -0.384. The number of nitro benzene ring substituents is 1. The molecule has 0 aliphatic carbocycles. The number of benzene rings is 1. The van der Waals surface area contributed by atoms with Gasteiger partial charge in [-0.25, -0.2) is 0 Å². The van der Waals surface area contributed by atoms with Crippen LogP contribution in [0.25, 0.3) is 16.3 Å². The van der Waals surface area contributed by atoms with E-state index in [1.54, 1.807) is 16.6 Å². The molecule has 102 valence electrons. The Morgan fingerprint density at radius 1 is 1.35 bits per heavy atom. The Balaban J connectivity index is 2.07. The summed E-state index contributed by atoms with van der Waals surface area (Å²) in [4.78, 5) is 10.8. The van der Waals surface area contributed by atoms with Crippen LogP contribution in [-0.4, -0.2) is 24.7 Å². The molecule has 0 fully saturated rings. The van der Waals surface area contributed by atoms with Crippen molar-refractivity contribution in [3.8, 4) is 11.4 Å². The Labute approximate surface area is 117 Å². The molecule has 0 saturated carbocycles. The van der Waals surface area contributed by atoms with Crippen molar-refractivity contribution in [1.29, 1.82) is 0 Å². The van der Waals surface area contributed by atoms with Gasteiger partial charge >= 0.3 is 0 Å². The molecule has 2 N–H and O–H groups in total. The third kappa shape index (κ3) is 2.02. The zero-order valence-electron chi connectivity index (χ0n) is 10.4. The van der Waals surface area contributed by atoms with Crippen molar-refractivity contribution in [2.45, 2.75) is 13.0 Å². The molecule has 0 radical (unpaired) electrons. The maximum Gasteiger partial charge on any atom is 0.269 e. The van der Waals surface area contributed by atoms with Crippen molar-refractivity contribution >= 4 is 22.0 Å². The van der Waals surface area contributed by atoms with Crippen molar-refractivity contribution in [2.24, 2.45) is 5.73 Å². The highest BCUT2D eigenvalue weighted by Gasteiger charge is 2.15. The van der Waals surface area contributed by atoms with E-state index < -0.39 is 4.92 Å². The highest BCUT2D eigenvalue weighted by molar-refractivity contribution is 7.16. The molecule has 3 rings (SSSR count). The van der Waals surface area contributed by atoms with E-state index in [2.05, 4.69) is 15.3 Å². The summed E-state index contributed by atoms with van der Waals surface area (Å²) in [5.41, 5.74) is 6.53. The average Bonchev–Trinajstić information content (AvgIpc) is 2.98. The Morgan fingerprint density at radius 2 is 2.05 bits per heavy atom. The smallest absolute Gasteiger partial charge is 0.269 e. The monoisotopic (exact) mass is 290 g/mol. The van der Waals surface area contributed by atoms with Crippen molar-refractivity contribution < 1.29 is 4.92 Å². The second-order valence-electron chi connectivity index (χ2n) is 4.25. The van der Waals surface area contributed by atoms with Crippen LogP contribution in [0.5, 0.6) is 0 Å². The molecule has 1 aromatic carbocycles. The van der Waals surface area contributed by atoms with E-state index in [1.165, 1.54) is 23.5 Å². The lowest BCUT2D eigenvalue weighted by Gasteiger charge is -1.98. The maximum atomic E-state index is 10.6. The summed E-state index contributed by atoms with van der Waals surface area (Å²) in [7, 11) is 0. The number of nitrogens with two attached hydrogens (primary N) is 1. The van der Waals surface area contributed by atoms with Gasteiger partial charge in [-0.05, 0) is 19.1 Å². The molecule has 0 aliphatic heterocycles. The van der Waals surface area contributed by atoms with Gasteiger partial charge < -0.3 is 5.73 Å². The number of aromatic nitrogens is 4. The average molecular weight is 290 g/mol. The van der Waals surface area contributed by atoms with Crippen molar-refractivity contribution in [3.05, 3.63) is 39.4 Å². The van der Waals surface area contributed by atoms with Gasteiger partial charge in [0.05, 0.1) is 11.0 Å². The Kier molecular flexibility index (Phi) is 2.92. The minimum absolute atomic E-state index is 0.0315. The summed E-state index contributed by atoms with van der Waals surface area (Å²) in [6, 6.07) is 5.93. The summed E-state index contributed by atoms with van der Waals surface area (Å²) < 4.78 is 1.60. The SMILES string of the molecule is C[C@H](N)c1nn2c(-c3ccc([N+](=O)[O-])cc3)nnc2s1. The van der Waals surface area contributed by atoms with Gasteiger partial charge in [-0.2, -0.15) is 9.61 Å². The molecule has 0 bridgehead atoms. The van der Waals surface area contributed by atoms with Crippen molar-refractivity contribution in [1.82, 2.24) is 19.8 Å². The minimum Gasteiger partial charge on any atom is -0.322 e. The van der Waals surface area contributed by atoms with Crippen LogP contribution in [0.1, 0.15) is 18.0 Å². The predicted molar refractivity (Wildman–Crippen MR) is 73.4 cm³/mol. The van der Waals surface area contributed by atoms with Crippen LogP contribution in [0.15, 0.2) is 24.3 Å². The van der Waals surface area contributed by atoms with Gasteiger partial charge in [-0.1, -0.05) is 11.3 Å². The normalized spacial score (nSPS) is 12.7. The van der Waals surface area contributed by atoms with E-state index in [9.17, 15) is 10.1 Å². The molecule has 0 amide bonds. The van der Waals surface area contributed by atoms with Crippen LogP contribution in [0, 0.1) is 10.1 Å². The molecule has 0 unspecified atom stereocenters. The van der Waals surface area contributed by atoms with Gasteiger partial charge in [0.1, 0.15) is 5.01 Å². The second-order valence-corrected chi connectivity index (χ2v) is 5.24. The van der Waals surface area contributed by atoms with Crippen molar-refractivity contribution in [3.63, 3.8) is 0 Å². The Morgan fingerprint density at radius 3 is 2.65 bits per heavy atom. The zero-order valence-corrected chi connectivity index (χ0v) is 11.2. The summed E-state index contributed by atoms with van der Waals surface area (Å²) in [6.45, 7) is 1.84. The van der Waals surface area contributed by atoms with E-state index in [1.807, 2.05) is 6.92 Å². The summed E-state index contributed by atoms with van der Waals surface area (Å²) in [5, 5.41) is 23.8. The molecule has 1 atom stereocenters. The van der Waals surface area contributed by atoms with E-state index in [-0.39, 0.29) is 11.7 Å². The van der Waals surface area contributed by atoms with Gasteiger partial charge in [0.2, 0.25) is 4.96 Å². The molecule has 0 saturated heterocycles. The highest BCUT2D eigenvalue weighted by atomic mass is 32.1. The zero-order chi connectivity index (χ0) is 14.3. The van der Waals surface area contributed by atoms with E-state index in [0.717, 1.165) is 5.01 Å². The standard InChI is InChI=1S/C11H10N6O2S/c1-6(12)10-15-16-9(13-14-11(16)20-10)7-2-4-8(5-3-7)17(18)19/h2-6H,12H2,1H3/t6-/m0/s1. The lowest BCUT2D eigenvalue weighted by atomic mass is 10.2.